The van der Waals surface area contributed by atoms with Crippen molar-refractivity contribution in [3.8, 4) is 17.2 Å². The summed E-state index contributed by atoms with van der Waals surface area (Å²) >= 11 is 0. The zero-order chi connectivity index (χ0) is 16.3. The fourth-order valence-corrected chi connectivity index (χ4v) is 2.27. The number of Topliss-reactive ketones (excluding diaryl/α,β-unsaturated/α-hetero) is 1. The van der Waals surface area contributed by atoms with E-state index in [0.717, 1.165) is 12.1 Å². The lowest BCUT2D eigenvalue weighted by Gasteiger charge is -2.11. The van der Waals surface area contributed by atoms with E-state index in [2.05, 4.69) is 0 Å². The molecule has 0 radical (unpaired) electrons. The molecule has 6 nitrogen and oxygen atoms in total. The van der Waals surface area contributed by atoms with E-state index in [1.807, 2.05) is 6.92 Å². The van der Waals surface area contributed by atoms with Gasteiger partial charge in [0.2, 0.25) is 0 Å². The minimum Gasteiger partial charge on any atom is -0.508 e. The zero-order valence-corrected chi connectivity index (χ0v) is 12.0. The fourth-order valence-electron chi connectivity index (χ4n) is 2.27. The first-order valence-electron chi connectivity index (χ1n) is 6.81. The normalized spacial score (nSPS) is 10.6. The maximum atomic E-state index is 12.1. The van der Waals surface area contributed by atoms with Crippen LogP contribution in [0.2, 0.25) is 0 Å². The van der Waals surface area contributed by atoms with E-state index < -0.39 is 5.63 Å². The van der Waals surface area contributed by atoms with Gasteiger partial charge in [-0.15, -0.1) is 0 Å². The van der Waals surface area contributed by atoms with Crippen molar-refractivity contribution in [2.24, 2.45) is 0 Å². The molecule has 0 saturated carbocycles. The van der Waals surface area contributed by atoms with Crippen LogP contribution in [0.25, 0.3) is 0 Å². The Morgan fingerprint density at radius 1 is 1.09 bits per heavy atom. The molecule has 3 N–H and O–H groups in total. The SMILES string of the molecule is CCCC(=O)c1c(O)cc(O)cc1Cc1cc(O)cc(=O)o1. The maximum Gasteiger partial charge on any atom is 0.339 e. The quantitative estimate of drug-likeness (QED) is 0.732. The highest BCUT2D eigenvalue weighted by Crippen LogP contribution is 2.30. The van der Waals surface area contributed by atoms with Crippen molar-refractivity contribution in [3.05, 3.63) is 51.6 Å². The number of aromatic hydroxyl groups is 3. The summed E-state index contributed by atoms with van der Waals surface area (Å²) in [5.74, 6) is -0.922. The molecule has 22 heavy (non-hydrogen) atoms. The summed E-state index contributed by atoms with van der Waals surface area (Å²) in [6.45, 7) is 1.84. The Hall–Kier alpha value is -2.76. The van der Waals surface area contributed by atoms with Crippen LogP contribution in [0.1, 0.15) is 41.4 Å². The van der Waals surface area contributed by atoms with Gasteiger partial charge in [-0.25, -0.2) is 4.79 Å². The monoisotopic (exact) mass is 304 g/mol. The second kappa shape index (κ2) is 6.34. The lowest BCUT2D eigenvalue weighted by Crippen LogP contribution is -2.06. The molecule has 0 saturated heterocycles. The smallest absolute Gasteiger partial charge is 0.339 e. The van der Waals surface area contributed by atoms with Gasteiger partial charge in [-0.2, -0.15) is 0 Å². The van der Waals surface area contributed by atoms with E-state index >= 15 is 0 Å². The molecule has 2 rings (SSSR count). The molecule has 2 aromatic rings. The number of benzene rings is 1. The second-order valence-corrected chi connectivity index (χ2v) is 4.95. The number of carbonyl (C=O) groups excluding carboxylic acids is 1. The van der Waals surface area contributed by atoms with Gasteiger partial charge >= 0.3 is 5.63 Å². The Morgan fingerprint density at radius 3 is 2.41 bits per heavy atom. The number of phenolic OH excluding ortho intramolecular Hbond substituents is 2. The van der Waals surface area contributed by atoms with Crippen LogP contribution >= 0.6 is 0 Å². The Kier molecular flexibility index (Phi) is 4.50. The van der Waals surface area contributed by atoms with Gasteiger partial charge in [0, 0.05) is 25.0 Å². The number of hydrogen-bond acceptors (Lipinski definition) is 6. The van der Waals surface area contributed by atoms with Crippen LogP contribution in [0, 0.1) is 0 Å². The highest BCUT2D eigenvalue weighted by molar-refractivity contribution is 6.00. The maximum absolute atomic E-state index is 12.1. The first-order chi connectivity index (χ1) is 10.4. The number of rotatable bonds is 5. The third-order valence-corrected chi connectivity index (χ3v) is 3.11. The standard InChI is InChI=1S/C16H16O6/c1-2-3-13(19)16-9(4-10(17)7-14(16)20)5-12-6-11(18)8-15(21)22-12/h4,6-8,17-18,20H,2-3,5H2,1H3. The minimum absolute atomic E-state index is 0.0175. The van der Waals surface area contributed by atoms with Crippen molar-refractivity contribution in [1.82, 2.24) is 0 Å². The highest BCUT2D eigenvalue weighted by Gasteiger charge is 2.18. The molecule has 1 aromatic heterocycles. The van der Waals surface area contributed by atoms with E-state index in [-0.39, 0.29) is 47.2 Å². The molecule has 0 amide bonds. The van der Waals surface area contributed by atoms with E-state index in [1.54, 1.807) is 0 Å². The van der Waals surface area contributed by atoms with Gasteiger partial charge in [-0.3, -0.25) is 4.79 Å². The van der Waals surface area contributed by atoms with Gasteiger partial charge in [0.1, 0.15) is 23.0 Å². The lowest BCUT2D eigenvalue weighted by molar-refractivity contribution is 0.0978. The summed E-state index contributed by atoms with van der Waals surface area (Å²) in [6.07, 6.45) is 0.839. The molecule has 0 aliphatic rings. The van der Waals surface area contributed by atoms with E-state index in [0.29, 0.717) is 12.0 Å². The van der Waals surface area contributed by atoms with Crippen LogP contribution in [0.5, 0.6) is 17.2 Å². The average Bonchev–Trinajstić information content (AvgIpc) is 2.36. The van der Waals surface area contributed by atoms with E-state index in [9.17, 15) is 24.9 Å². The van der Waals surface area contributed by atoms with Gasteiger partial charge in [0.25, 0.3) is 0 Å². The molecule has 116 valence electrons. The predicted molar refractivity (Wildman–Crippen MR) is 78.5 cm³/mol. The molecule has 0 fully saturated rings. The first kappa shape index (κ1) is 15.6. The third kappa shape index (κ3) is 3.46. The van der Waals surface area contributed by atoms with Crippen molar-refractivity contribution in [2.75, 3.05) is 0 Å². The van der Waals surface area contributed by atoms with Gasteiger partial charge < -0.3 is 19.7 Å². The van der Waals surface area contributed by atoms with Crippen molar-refractivity contribution in [1.29, 1.82) is 0 Å². The molecule has 0 unspecified atom stereocenters. The van der Waals surface area contributed by atoms with Crippen LogP contribution in [-0.2, 0) is 6.42 Å². The predicted octanol–water partition coefficient (Wildman–Crippen LogP) is 2.33. The summed E-state index contributed by atoms with van der Waals surface area (Å²) in [5, 5.41) is 29.0. The third-order valence-electron chi connectivity index (χ3n) is 3.11. The largest absolute Gasteiger partial charge is 0.508 e. The van der Waals surface area contributed by atoms with Crippen molar-refractivity contribution in [2.45, 2.75) is 26.2 Å². The first-order valence-corrected chi connectivity index (χ1v) is 6.81. The van der Waals surface area contributed by atoms with Crippen LogP contribution in [0.4, 0.5) is 0 Å². The number of hydrogen-bond donors (Lipinski definition) is 3. The van der Waals surface area contributed by atoms with Crippen molar-refractivity contribution in [3.63, 3.8) is 0 Å². The van der Waals surface area contributed by atoms with Gasteiger partial charge in [-0.1, -0.05) is 6.92 Å². The molecule has 0 spiro atoms. The molecule has 0 aliphatic heterocycles. The van der Waals surface area contributed by atoms with Crippen LogP contribution in [-0.4, -0.2) is 21.1 Å². The summed E-state index contributed by atoms with van der Waals surface area (Å²) in [7, 11) is 0. The molecule has 1 heterocycles. The average molecular weight is 304 g/mol. The summed E-state index contributed by atoms with van der Waals surface area (Å²) in [4.78, 5) is 23.4. The summed E-state index contributed by atoms with van der Waals surface area (Å²) in [6, 6.07) is 4.58. The second-order valence-electron chi connectivity index (χ2n) is 4.95. The minimum atomic E-state index is -0.721. The summed E-state index contributed by atoms with van der Waals surface area (Å²) < 4.78 is 4.95. The fraction of sp³-hybridized carbons (Fsp3) is 0.250. The number of phenols is 2. The van der Waals surface area contributed by atoms with Crippen molar-refractivity contribution >= 4 is 5.78 Å². The lowest BCUT2D eigenvalue weighted by atomic mass is 9.96. The van der Waals surface area contributed by atoms with Crippen LogP contribution in [0.15, 0.2) is 33.5 Å². The molecule has 0 aliphatic carbocycles. The Bertz CT molecular complexity index is 760. The molecule has 1 aromatic carbocycles. The molecular weight excluding hydrogens is 288 g/mol. The highest BCUT2D eigenvalue weighted by atomic mass is 16.4. The molecular formula is C16H16O6. The van der Waals surface area contributed by atoms with Gasteiger partial charge in [0.15, 0.2) is 5.78 Å². The van der Waals surface area contributed by atoms with Gasteiger partial charge in [0.05, 0.1) is 11.6 Å². The molecule has 0 atom stereocenters. The van der Waals surface area contributed by atoms with Crippen LogP contribution in [0.3, 0.4) is 0 Å². The van der Waals surface area contributed by atoms with E-state index in [1.165, 1.54) is 12.1 Å². The summed E-state index contributed by atoms with van der Waals surface area (Å²) in [5.41, 5.74) is -0.309. The molecule has 6 heteroatoms. The Morgan fingerprint density at radius 2 is 1.77 bits per heavy atom. The van der Waals surface area contributed by atoms with E-state index in [4.69, 9.17) is 4.42 Å². The van der Waals surface area contributed by atoms with Gasteiger partial charge in [-0.05, 0) is 18.1 Å². The Labute approximate surface area is 126 Å². The van der Waals surface area contributed by atoms with Crippen molar-refractivity contribution < 1.29 is 24.5 Å². The zero-order valence-electron chi connectivity index (χ0n) is 12.0. The van der Waals surface area contributed by atoms with Crippen LogP contribution < -0.4 is 5.63 Å². The molecule has 0 bridgehead atoms. The topological polar surface area (TPSA) is 108 Å². The number of carbonyl (C=O) groups is 1. The number of ketones is 1. The Balaban J connectivity index is 2.49.